The number of benzene rings is 2. The number of hydrogen-bond donors (Lipinski definition) is 2. The van der Waals surface area contributed by atoms with E-state index in [-0.39, 0.29) is 11.7 Å². The van der Waals surface area contributed by atoms with Crippen molar-refractivity contribution in [1.82, 2.24) is 5.32 Å². The fourth-order valence-electron chi connectivity index (χ4n) is 2.11. The van der Waals surface area contributed by atoms with Gasteiger partial charge in [0, 0.05) is 18.3 Å². The van der Waals surface area contributed by atoms with Gasteiger partial charge in [0.25, 0.3) is 0 Å². The average molecular weight is 362 g/mol. The highest BCUT2D eigenvalue weighted by Crippen LogP contribution is 2.12. The highest BCUT2D eigenvalue weighted by molar-refractivity contribution is 7.92. The van der Waals surface area contributed by atoms with Crippen LogP contribution in [-0.2, 0) is 21.4 Å². The van der Waals surface area contributed by atoms with Crippen LogP contribution in [0.4, 0.5) is 10.1 Å². The van der Waals surface area contributed by atoms with Gasteiger partial charge in [-0.2, -0.15) is 0 Å². The first-order valence-corrected chi connectivity index (χ1v) is 9.41. The van der Waals surface area contributed by atoms with Crippen LogP contribution in [-0.4, -0.2) is 20.6 Å². The van der Waals surface area contributed by atoms with E-state index in [4.69, 9.17) is 0 Å². The molecule has 132 valence electrons. The van der Waals surface area contributed by atoms with Crippen LogP contribution < -0.4 is 10.0 Å². The lowest BCUT2D eigenvalue weighted by Gasteiger charge is -2.05. The maximum Gasteiger partial charge on any atom is 0.244 e. The molecule has 0 spiro atoms. The smallest absolute Gasteiger partial charge is 0.244 e. The Morgan fingerprint density at radius 3 is 2.44 bits per heavy atom. The van der Waals surface area contributed by atoms with Gasteiger partial charge in [0.05, 0.1) is 6.26 Å². The predicted molar refractivity (Wildman–Crippen MR) is 96.9 cm³/mol. The molecule has 2 aromatic rings. The molecule has 0 heterocycles. The molecule has 2 rings (SSSR count). The van der Waals surface area contributed by atoms with Crippen LogP contribution in [0.3, 0.4) is 0 Å². The van der Waals surface area contributed by atoms with Crippen molar-refractivity contribution in [1.29, 1.82) is 0 Å². The molecule has 0 fully saturated rings. The summed E-state index contributed by atoms with van der Waals surface area (Å²) in [5.74, 6) is -0.552. The average Bonchev–Trinajstić information content (AvgIpc) is 2.54. The summed E-state index contributed by atoms with van der Waals surface area (Å²) in [4.78, 5) is 11.8. The highest BCUT2D eigenvalue weighted by atomic mass is 32.2. The number of amides is 1. The van der Waals surface area contributed by atoms with Crippen molar-refractivity contribution >= 4 is 27.7 Å². The first-order chi connectivity index (χ1) is 11.7. The van der Waals surface area contributed by atoms with E-state index >= 15 is 0 Å². The first kappa shape index (κ1) is 18.7. The van der Waals surface area contributed by atoms with Gasteiger partial charge in [0.1, 0.15) is 5.82 Å². The molecule has 7 heteroatoms. The molecule has 1 amide bonds. The van der Waals surface area contributed by atoms with E-state index in [0.717, 1.165) is 17.4 Å². The zero-order valence-electron chi connectivity index (χ0n) is 13.9. The summed E-state index contributed by atoms with van der Waals surface area (Å²) in [5.41, 5.74) is 2.56. The first-order valence-electron chi connectivity index (χ1n) is 7.52. The second-order valence-corrected chi connectivity index (χ2v) is 7.38. The fraction of sp³-hybridized carbons (Fsp3) is 0.167. The molecule has 2 N–H and O–H groups in total. The number of anilines is 1. The van der Waals surface area contributed by atoms with Crippen LogP contribution in [0, 0.1) is 12.7 Å². The monoisotopic (exact) mass is 362 g/mol. The zero-order valence-corrected chi connectivity index (χ0v) is 14.7. The summed E-state index contributed by atoms with van der Waals surface area (Å²) in [6.07, 6.45) is 4.08. The molecule has 25 heavy (non-hydrogen) atoms. The van der Waals surface area contributed by atoms with Crippen LogP contribution in [0.25, 0.3) is 6.08 Å². The number of sulfonamides is 1. The fourth-order valence-corrected chi connectivity index (χ4v) is 2.68. The molecule has 0 aliphatic carbocycles. The van der Waals surface area contributed by atoms with E-state index in [1.165, 1.54) is 12.1 Å². The number of nitrogens with one attached hydrogen (secondary N) is 2. The molecule has 0 radical (unpaired) electrons. The SMILES string of the molecule is Cc1cc(CNC(=O)/C=C/c2ccc(NS(C)(=O)=O)cc2)ccc1F. The molecule has 0 atom stereocenters. The summed E-state index contributed by atoms with van der Waals surface area (Å²) >= 11 is 0. The molecule has 0 saturated heterocycles. The third-order valence-electron chi connectivity index (χ3n) is 3.33. The van der Waals surface area contributed by atoms with Crippen molar-refractivity contribution in [2.45, 2.75) is 13.5 Å². The van der Waals surface area contributed by atoms with Crippen LogP contribution in [0.2, 0.25) is 0 Å². The van der Waals surface area contributed by atoms with Gasteiger partial charge in [-0.3, -0.25) is 9.52 Å². The van der Waals surface area contributed by atoms with Gasteiger partial charge >= 0.3 is 0 Å². The topological polar surface area (TPSA) is 75.3 Å². The van der Waals surface area contributed by atoms with Crippen molar-refractivity contribution in [3.63, 3.8) is 0 Å². The van der Waals surface area contributed by atoms with E-state index < -0.39 is 10.0 Å². The van der Waals surface area contributed by atoms with Crippen LogP contribution >= 0.6 is 0 Å². The Labute approximate surface area is 146 Å². The van der Waals surface area contributed by atoms with E-state index in [1.807, 2.05) is 0 Å². The number of hydrogen-bond acceptors (Lipinski definition) is 3. The molecule has 0 saturated carbocycles. The van der Waals surface area contributed by atoms with Crippen LogP contribution in [0.1, 0.15) is 16.7 Å². The van der Waals surface area contributed by atoms with E-state index in [2.05, 4.69) is 10.0 Å². The molecule has 0 aliphatic rings. The Morgan fingerprint density at radius 1 is 1.16 bits per heavy atom. The third kappa shape index (κ3) is 6.39. The number of halogens is 1. The standard InChI is InChI=1S/C18H19FN2O3S/c1-13-11-15(5-9-17(13)19)12-20-18(22)10-6-14-3-7-16(8-4-14)21-25(2,23)24/h3-11,21H,12H2,1-2H3,(H,20,22)/b10-6+. The van der Waals surface area contributed by atoms with E-state index in [0.29, 0.717) is 17.8 Å². The lowest BCUT2D eigenvalue weighted by atomic mass is 10.1. The van der Waals surface area contributed by atoms with Gasteiger partial charge in [0.2, 0.25) is 15.9 Å². The normalized spacial score (nSPS) is 11.5. The summed E-state index contributed by atoms with van der Waals surface area (Å²) in [6.45, 7) is 1.98. The minimum atomic E-state index is -3.31. The number of aryl methyl sites for hydroxylation is 1. The van der Waals surface area contributed by atoms with Crippen molar-refractivity contribution in [3.8, 4) is 0 Å². The lowest BCUT2D eigenvalue weighted by Crippen LogP contribution is -2.20. The molecule has 2 aromatic carbocycles. The summed E-state index contributed by atoms with van der Waals surface area (Å²) < 4.78 is 37.8. The number of rotatable bonds is 6. The van der Waals surface area contributed by atoms with Crippen molar-refractivity contribution in [2.24, 2.45) is 0 Å². The van der Waals surface area contributed by atoms with Crippen LogP contribution in [0.15, 0.2) is 48.5 Å². The van der Waals surface area contributed by atoms with Gasteiger partial charge in [-0.15, -0.1) is 0 Å². The Kier molecular flexibility index (Phi) is 5.93. The molecule has 0 aromatic heterocycles. The molecule has 0 bridgehead atoms. The minimum absolute atomic E-state index is 0.274. The molecule has 5 nitrogen and oxygen atoms in total. The molecule has 0 aliphatic heterocycles. The Bertz CT molecular complexity index is 891. The Morgan fingerprint density at radius 2 is 1.84 bits per heavy atom. The molecular formula is C18H19FN2O3S. The summed E-state index contributed by atoms with van der Waals surface area (Å²) in [6, 6.07) is 11.3. The van der Waals surface area contributed by atoms with Crippen molar-refractivity contribution < 1.29 is 17.6 Å². The lowest BCUT2D eigenvalue weighted by molar-refractivity contribution is -0.116. The van der Waals surface area contributed by atoms with Crippen LogP contribution in [0.5, 0.6) is 0 Å². The quantitative estimate of drug-likeness (QED) is 0.776. The van der Waals surface area contributed by atoms with E-state index in [9.17, 15) is 17.6 Å². The maximum absolute atomic E-state index is 13.2. The van der Waals surface area contributed by atoms with Gasteiger partial charge in [-0.25, -0.2) is 12.8 Å². The minimum Gasteiger partial charge on any atom is -0.348 e. The highest BCUT2D eigenvalue weighted by Gasteiger charge is 2.02. The zero-order chi connectivity index (χ0) is 18.4. The Hall–Kier alpha value is -2.67. The van der Waals surface area contributed by atoms with E-state index in [1.54, 1.807) is 49.4 Å². The van der Waals surface area contributed by atoms with Gasteiger partial charge < -0.3 is 5.32 Å². The number of carbonyl (C=O) groups is 1. The second kappa shape index (κ2) is 7.94. The van der Waals surface area contributed by atoms with Crippen molar-refractivity contribution in [2.75, 3.05) is 11.0 Å². The molecule has 0 unspecified atom stereocenters. The molecular weight excluding hydrogens is 343 g/mol. The third-order valence-corrected chi connectivity index (χ3v) is 3.94. The Balaban J connectivity index is 1.90. The maximum atomic E-state index is 13.2. The second-order valence-electron chi connectivity index (χ2n) is 5.63. The van der Waals surface area contributed by atoms with Gasteiger partial charge in [0.15, 0.2) is 0 Å². The summed E-state index contributed by atoms with van der Waals surface area (Å²) in [5, 5.41) is 2.72. The predicted octanol–water partition coefficient (Wildman–Crippen LogP) is 2.84. The van der Waals surface area contributed by atoms with Gasteiger partial charge in [-0.05, 0) is 47.9 Å². The van der Waals surface area contributed by atoms with Gasteiger partial charge in [-0.1, -0.05) is 24.3 Å². The van der Waals surface area contributed by atoms with Crippen molar-refractivity contribution in [3.05, 3.63) is 71.0 Å². The number of carbonyl (C=O) groups excluding carboxylic acids is 1. The largest absolute Gasteiger partial charge is 0.348 e. The summed E-state index contributed by atoms with van der Waals surface area (Å²) in [7, 11) is -3.31.